The highest BCUT2D eigenvalue weighted by Crippen LogP contribution is 2.36. The molecule has 1 N–H and O–H groups in total. The molecule has 1 aromatic heterocycles. The summed E-state index contributed by atoms with van der Waals surface area (Å²) < 4.78 is 41.2. The van der Waals surface area contributed by atoms with Crippen LogP contribution in [-0.4, -0.2) is 53.8 Å². The Hall–Kier alpha value is -3.40. The summed E-state index contributed by atoms with van der Waals surface area (Å²) in [6.45, 7) is 2.74. The Kier molecular flexibility index (Phi) is 5.64. The number of halogens is 3. The van der Waals surface area contributed by atoms with Crippen molar-refractivity contribution >= 4 is 28.1 Å². The van der Waals surface area contributed by atoms with Crippen LogP contribution in [0, 0.1) is 0 Å². The largest absolute Gasteiger partial charge is 0.416 e. The summed E-state index contributed by atoms with van der Waals surface area (Å²) in [4.78, 5) is 29.6. The Bertz CT molecular complexity index is 1230. The molecule has 3 aromatic rings. The lowest BCUT2D eigenvalue weighted by Gasteiger charge is -2.35. The van der Waals surface area contributed by atoms with Crippen LogP contribution < -0.4 is 15.8 Å². The maximum Gasteiger partial charge on any atom is 0.416 e. The Morgan fingerprint density at radius 3 is 2.31 bits per heavy atom. The van der Waals surface area contributed by atoms with Gasteiger partial charge in [-0.05, 0) is 31.3 Å². The van der Waals surface area contributed by atoms with Crippen molar-refractivity contribution in [3.05, 3.63) is 64.1 Å². The van der Waals surface area contributed by atoms with E-state index in [0.717, 1.165) is 29.9 Å². The van der Waals surface area contributed by atoms with Crippen molar-refractivity contribution in [2.45, 2.75) is 6.18 Å². The first kappa shape index (κ1) is 21.8. The SMILES string of the molecule is CN1CCN(c2ccc(C(F)(F)F)cc2NC(=O)c2nn(C)c(=O)c3ccccc23)CC1. The zero-order chi connectivity index (χ0) is 23.0. The van der Waals surface area contributed by atoms with E-state index < -0.39 is 17.6 Å². The number of hydrogen-bond donors (Lipinski definition) is 1. The number of rotatable bonds is 3. The number of likely N-dealkylation sites (N-methyl/N-ethyl adjacent to an activating group) is 1. The Labute approximate surface area is 182 Å². The molecule has 10 heteroatoms. The van der Waals surface area contributed by atoms with Gasteiger partial charge >= 0.3 is 6.18 Å². The van der Waals surface area contributed by atoms with E-state index in [-0.39, 0.29) is 16.9 Å². The highest BCUT2D eigenvalue weighted by atomic mass is 19.4. The van der Waals surface area contributed by atoms with E-state index in [9.17, 15) is 22.8 Å². The van der Waals surface area contributed by atoms with Crippen LogP contribution in [0.2, 0.25) is 0 Å². The minimum Gasteiger partial charge on any atom is -0.367 e. The van der Waals surface area contributed by atoms with Gasteiger partial charge in [0, 0.05) is 38.6 Å². The number of aromatic nitrogens is 2. The summed E-state index contributed by atoms with van der Waals surface area (Å²) in [6.07, 6.45) is -4.55. The molecule has 32 heavy (non-hydrogen) atoms. The second kappa shape index (κ2) is 8.27. The molecule has 2 aromatic carbocycles. The number of nitrogens with zero attached hydrogens (tertiary/aromatic N) is 4. The molecule has 0 unspecified atom stereocenters. The molecule has 2 heterocycles. The molecule has 1 aliphatic heterocycles. The third kappa shape index (κ3) is 4.18. The quantitative estimate of drug-likeness (QED) is 0.671. The molecule has 7 nitrogen and oxygen atoms in total. The van der Waals surface area contributed by atoms with Crippen LogP contribution in [0.15, 0.2) is 47.3 Å². The van der Waals surface area contributed by atoms with Gasteiger partial charge in [0.1, 0.15) is 0 Å². The van der Waals surface area contributed by atoms with Gasteiger partial charge in [-0.3, -0.25) is 9.59 Å². The zero-order valence-electron chi connectivity index (χ0n) is 17.6. The first-order chi connectivity index (χ1) is 15.1. The third-order valence-electron chi connectivity index (χ3n) is 5.59. The topological polar surface area (TPSA) is 70.5 Å². The van der Waals surface area contributed by atoms with Gasteiger partial charge in [-0.25, -0.2) is 4.68 Å². The molecule has 4 rings (SSSR count). The summed E-state index contributed by atoms with van der Waals surface area (Å²) in [6, 6.07) is 9.85. The normalized spacial score (nSPS) is 15.2. The highest BCUT2D eigenvalue weighted by Gasteiger charge is 2.32. The molecule has 0 bridgehead atoms. The van der Waals surface area contributed by atoms with E-state index in [0.29, 0.717) is 29.5 Å². The number of anilines is 2. The molecule has 0 spiro atoms. The van der Waals surface area contributed by atoms with Crippen molar-refractivity contribution < 1.29 is 18.0 Å². The van der Waals surface area contributed by atoms with Crippen LogP contribution in [0.1, 0.15) is 16.1 Å². The number of piperazine rings is 1. The van der Waals surface area contributed by atoms with Crippen molar-refractivity contribution in [3.8, 4) is 0 Å². The zero-order valence-corrected chi connectivity index (χ0v) is 17.6. The van der Waals surface area contributed by atoms with Gasteiger partial charge in [0.2, 0.25) is 0 Å². The standard InChI is InChI=1S/C22H22F3N5O2/c1-28-9-11-30(12-10-28)18-8-7-14(22(23,24)25)13-17(18)26-20(31)19-15-5-3-4-6-16(15)21(32)29(2)27-19/h3-8,13H,9-12H2,1-2H3,(H,26,31). The van der Waals surface area contributed by atoms with Crippen LogP contribution in [0.3, 0.4) is 0 Å². The van der Waals surface area contributed by atoms with Crippen molar-refractivity contribution in [1.29, 1.82) is 0 Å². The lowest BCUT2D eigenvalue weighted by Crippen LogP contribution is -2.44. The first-order valence-electron chi connectivity index (χ1n) is 10.1. The van der Waals surface area contributed by atoms with E-state index in [1.165, 1.54) is 13.1 Å². The molecule has 0 radical (unpaired) electrons. The Balaban J connectivity index is 1.76. The molecular weight excluding hydrogens is 423 g/mol. The Morgan fingerprint density at radius 2 is 1.66 bits per heavy atom. The van der Waals surface area contributed by atoms with E-state index >= 15 is 0 Å². The molecule has 1 amide bonds. The number of carbonyl (C=O) groups is 1. The van der Waals surface area contributed by atoms with Gasteiger partial charge in [0.25, 0.3) is 11.5 Å². The van der Waals surface area contributed by atoms with Crippen molar-refractivity contribution in [1.82, 2.24) is 14.7 Å². The molecular formula is C22H22F3N5O2. The van der Waals surface area contributed by atoms with Gasteiger partial charge in [-0.2, -0.15) is 18.3 Å². The van der Waals surface area contributed by atoms with Crippen LogP contribution in [0.4, 0.5) is 24.5 Å². The second-order valence-corrected chi connectivity index (χ2v) is 7.80. The summed E-state index contributed by atoms with van der Waals surface area (Å²) in [5.74, 6) is -0.688. The molecule has 0 saturated carbocycles. The fourth-order valence-electron chi connectivity index (χ4n) is 3.78. The number of amides is 1. The highest BCUT2D eigenvalue weighted by molar-refractivity contribution is 6.12. The van der Waals surface area contributed by atoms with Gasteiger partial charge in [0.15, 0.2) is 5.69 Å². The van der Waals surface area contributed by atoms with Crippen LogP contribution in [0.25, 0.3) is 10.8 Å². The lowest BCUT2D eigenvalue weighted by molar-refractivity contribution is -0.137. The van der Waals surface area contributed by atoms with E-state index in [2.05, 4.69) is 15.3 Å². The first-order valence-corrected chi connectivity index (χ1v) is 10.1. The molecule has 1 saturated heterocycles. The monoisotopic (exact) mass is 445 g/mol. The number of aryl methyl sites for hydroxylation is 1. The van der Waals surface area contributed by atoms with E-state index in [1.807, 2.05) is 11.9 Å². The molecule has 0 aliphatic carbocycles. The number of fused-ring (bicyclic) bond motifs is 1. The summed E-state index contributed by atoms with van der Waals surface area (Å²) in [7, 11) is 3.40. The molecule has 1 fully saturated rings. The van der Waals surface area contributed by atoms with Crippen LogP contribution in [-0.2, 0) is 13.2 Å². The average molecular weight is 445 g/mol. The van der Waals surface area contributed by atoms with Crippen LogP contribution >= 0.6 is 0 Å². The Morgan fingerprint density at radius 1 is 1.00 bits per heavy atom. The predicted octanol–water partition coefficient (Wildman–Crippen LogP) is 2.96. The number of benzene rings is 2. The van der Waals surface area contributed by atoms with Gasteiger partial charge < -0.3 is 15.1 Å². The minimum atomic E-state index is -4.55. The van der Waals surface area contributed by atoms with Crippen molar-refractivity contribution in [3.63, 3.8) is 0 Å². The van der Waals surface area contributed by atoms with E-state index in [4.69, 9.17) is 0 Å². The second-order valence-electron chi connectivity index (χ2n) is 7.80. The van der Waals surface area contributed by atoms with Crippen molar-refractivity contribution in [2.75, 3.05) is 43.4 Å². The predicted molar refractivity (Wildman–Crippen MR) is 116 cm³/mol. The summed E-state index contributed by atoms with van der Waals surface area (Å²) >= 11 is 0. The number of alkyl halides is 3. The van der Waals surface area contributed by atoms with Crippen LogP contribution in [0.5, 0.6) is 0 Å². The number of hydrogen-bond acceptors (Lipinski definition) is 5. The fourth-order valence-corrected chi connectivity index (χ4v) is 3.78. The third-order valence-corrected chi connectivity index (χ3v) is 5.59. The average Bonchev–Trinajstić information content (AvgIpc) is 2.76. The smallest absolute Gasteiger partial charge is 0.367 e. The molecule has 168 valence electrons. The number of carbonyl (C=O) groups excluding carboxylic acids is 1. The molecule has 0 atom stereocenters. The lowest BCUT2D eigenvalue weighted by atomic mass is 10.1. The maximum atomic E-state index is 13.4. The van der Waals surface area contributed by atoms with Crippen molar-refractivity contribution in [2.24, 2.45) is 7.05 Å². The maximum absolute atomic E-state index is 13.4. The summed E-state index contributed by atoms with van der Waals surface area (Å²) in [5.41, 5.74) is -0.703. The number of nitrogens with one attached hydrogen (secondary N) is 1. The minimum absolute atomic E-state index is 0.0376. The van der Waals surface area contributed by atoms with Gasteiger partial charge in [-0.15, -0.1) is 0 Å². The summed E-state index contributed by atoms with van der Waals surface area (Å²) in [5, 5.41) is 7.32. The fraction of sp³-hybridized carbons (Fsp3) is 0.318. The van der Waals surface area contributed by atoms with Gasteiger partial charge in [-0.1, -0.05) is 18.2 Å². The van der Waals surface area contributed by atoms with Gasteiger partial charge in [0.05, 0.1) is 22.3 Å². The molecule has 1 aliphatic rings. The van der Waals surface area contributed by atoms with E-state index in [1.54, 1.807) is 24.3 Å².